The molecule has 3 N–H and O–H groups in total. The topological polar surface area (TPSA) is 58.4 Å². The lowest BCUT2D eigenvalue weighted by atomic mass is 10.0. The van der Waals surface area contributed by atoms with E-state index >= 15 is 0 Å². The fourth-order valence-corrected chi connectivity index (χ4v) is 2.87. The van der Waals surface area contributed by atoms with Crippen LogP contribution in [-0.2, 0) is 11.3 Å². The van der Waals surface area contributed by atoms with Gasteiger partial charge in [-0.2, -0.15) is 0 Å². The van der Waals surface area contributed by atoms with Crippen molar-refractivity contribution < 1.29 is 9.18 Å². The van der Waals surface area contributed by atoms with Crippen molar-refractivity contribution in [1.82, 2.24) is 10.2 Å². The summed E-state index contributed by atoms with van der Waals surface area (Å²) in [6, 6.07) is 4.62. The second kappa shape index (κ2) is 7.73. The number of carbonyl (C=O) groups is 1. The number of hydrogen-bond donors (Lipinski definition) is 2. The van der Waals surface area contributed by atoms with Crippen molar-refractivity contribution in [1.29, 1.82) is 0 Å². The van der Waals surface area contributed by atoms with E-state index in [1.807, 2.05) is 0 Å². The van der Waals surface area contributed by atoms with Crippen LogP contribution in [-0.4, -0.2) is 36.5 Å². The van der Waals surface area contributed by atoms with Gasteiger partial charge in [0.15, 0.2) is 0 Å². The summed E-state index contributed by atoms with van der Waals surface area (Å²) in [5, 5.41) is 3.45. The summed E-state index contributed by atoms with van der Waals surface area (Å²) >= 11 is 6.06. The maximum absolute atomic E-state index is 13.0. The molecule has 0 unspecified atom stereocenters. The van der Waals surface area contributed by atoms with Crippen LogP contribution in [0, 0.1) is 5.82 Å². The first-order valence-electron chi connectivity index (χ1n) is 7.24. The summed E-state index contributed by atoms with van der Waals surface area (Å²) in [6.45, 7) is 2.77. The molecule has 1 atom stereocenters. The molecule has 0 aliphatic carbocycles. The fourth-order valence-electron chi connectivity index (χ4n) is 2.64. The van der Waals surface area contributed by atoms with Crippen molar-refractivity contribution in [2.75, 3.05) is 19.6 Å². The molecule has 1 aromatic carbocycles. The Labute approximate surface area is 129 Å². The lowest BCUT2D eigenvalue weighted by molar-refractivity contribution is -0.122. The number of nitrogens with two attached hydrogens (primary N) is 1. The van der Waals surface area contributed by atoms with Crippen LogP contribution < -0.4 is 11.1 Å². The van der Waals surface area contributed by atoms with Gasteiger partial charge < -0.3 is 11.1 Å². The maximum Gasteiger partial charge on any atom is 0.221 e. The third-order valence-corrected chi connectivity index (χ3v) is 4.00. The summed E-state index contributed by atoms with van der Waals surface area (Å²) < 4.78 is 13.0. The molecule has 0 radical (unpaired) electrons. The van der Waals surface area contributed by atoms with Crippen molar-refractivity contribution in [2.24, 2.45) is 5.73 Å². The van der Waals surface area contributed by atoms with Gasteiger partial charge in [-0.1, -0.05) is 17.7 Å². The van der Waals surface area contributed by atoms with Gasteiger partial charge in [0.1, 0.15) is 5.82 Å². The molecule has 21 heavy (non-hydrogen) atoms. The van der Waals surface area contributed by atoms with Crippen LogP contribution in [0.1, 0.15) is 24.8 Å². The Bertz CT molecular complexity index is 498. The first-order valence-corrected chi connectivity index (χ1v) is 7.62. The molecule has 1 fully saturated rings. The summed E-state index contributed by atoms with van der Waals surface area (Å²) in [5.74, 6) is -0.321. The first-order chi connectivity index (χ1) is 10.1. The lowest BCUT2D eigenvalue weighted by Crippen LogP contribution is -2.47. The van der Waals surface area contributed by atoms with Crippen molar-refractivity contribution in [3.05, 3.63) is 34.6 Å². The molecule has 4 nitrogen and oxygen atoms in total. The zero-order valence-electron chi connectivity index (χ0n) is 11.9. The second-order valence-corrected chi connectivity index (χ2v) is 5.82. The van der Waals surface area contributed by atoms with Gasteiger partial charge in [0.2, 0.25) is 5.91 Å². The predicted octanol–water partition coefficient (Wildman–Crippen LogP) is 1.91. The van der Waals surface area contributed by atoms with Gasteiger partial charge >= 0.3 is 0 Å². The highest BCUT2D eigenvalue weighted by Crippen LogP contribution is 2.21. The van der Waals surface area contributed by atoms with Crippen LogP contribution in [0.5, 0.6) is 0 Å². The molecule has 6 heteroatoms. The third-order valence-electron chi connectivity index (χ3n) is 3.65. The molecule has 1 amide bonds. The van der Waals surface area contributed by atoms with Crippen molar-refractivity contribution in [3.8, 4) is 0 Å². The maximum atomic E-state index is 13.0. The smallest absolute Gasteiger partial charge is 0.221 e. The van der Waals surface area contributed by atoms with E-state index in [-0.39, 0.29) is 17.8 Å². The molecule has 0 bridgehead atoms. The Kier molecular flexibility index (Phi) is 5.96. The average molecular weight is 314 g/mol. The minimum absolute atomic E-state index is 0.00386. The summed E-state index contributed by atoms with van der Waals surface area (Å²) in [4.78, 5) is 13.8. The minimum atomic E-state index is -0.325. The van der Waals surface area contributed by atoms with Crippen LogP contribution in [0.25, 0.3) is 0 Å². The molecule has 1 aliphatic heterocycles. The third kappa shape index (κ3) is 4.95. The summed E-state index contributed by atoms with van der Waals surface area (Å²) in [7, 11) is 0. The van der Waals surface area contributed by atoms with Crippen molar-refractivity contribution in [2.45, 2.75) is 31.8 Å². The summed E-state index contributed by atoms with van der Waals surface area (Å²) in [5.41, 5.74) is 6.29. The Morgan fingerprint density at radius 1 is 1.52 bits per heavy atom. The van der Waals surface area contributed by atoms with Crippen molar-refractivity contribution in [3.63, 3.8) is 0 Å². The molecule has 0 aromatic heterocycles. The highest BCUT2D eigenvalue weighted by molar-refractivity contribution is 6.31. The SMILES string of the molecule is NCCC(=O)N[C@H]1CCCN(Cc2ccc(F)cc2Cl)C1. The number of halogens is 2. The van der Waals surface area contributed by atoms with E-state index in [9.17, 15) is 9.18 Å². The van der Waals surface area contributed by atoms with Crippen molar-refractivity contribution >= 4 is 17.5 Å². The van der Waals surface area contributed by atoms with E-state index < -0.39 is 0 Å². The fraction of sp³-hybridized carbons (Fsp3) is 0.533. The Morgan fingerprint density at radius 3 is 3.05 bits per heavy atom. The minimum Gasteiger partial charge on any atom is -0.352 e. The number of carbonyl (C=O) groups excluding carboxylic acids is 1. The standard InChI is InChI=1S/C15H21ClFN3O/c16-14-8-12(17)4-3-11(14)9-20-7-1-2-13(10-20)19-15(21)5-6-18/h3-4,8,13H,1-2,5-7,9-10,18H2,(H,19,21)/t13-/m0/s1. The Balaban J connectivity index is 1.90. The van der Waals surface area contributed by atoms with E-state index in [0.29, 0.717) is 24.5 Å². The largest absolute Gasteiger partial charge is 0.352 e. The van der Waals surface area contributed by atoms with Crippen LogP contribution in [0.2, 0.25) is 5.02 Å². The van der Waals surface area contributed by atoms with E-state index in [0.717, 1.165) is 31.5 Å². The number of nitrogens with zero attached hydrogens (tertiary/aromatic N) is 1. The number of rotatable bonds is 5. The van der Waals surface area contributed by atoms with Gasteiger partial charge in [-0.15, -0.1) is 0 Å². The number of hydrogen-bond acceptors (Lipinski definition) is 3. The zero-order chi connectivity index (χ0) is 15.2. The molecule has 1 heterocycles. The predicted molar refractivity (Wildman–Crippen MR) is 81.5 cm³/mol. The molecule has 0 spiro atoms. The molecule has 1 aromatic rings. The number of nitrogens with one attached hydrogen (secondary N) is 1. The van der Waals surface area contributed by atoms with Gasteiger partial charge in [-0.3, -0.25) is 9.69 Å². The highest BCUT2D eigenvalue weighted by atomic mass is 35.5. The number of piperidine rings is 1. The van der Waals surface area contributed by atoms with E-state index in [1.54, 1.807) is 6.07 Å². The average Bonchev–Trinajstić information content (AvgIpc) is 2.42. The molecule has 1 saturated heterocycles. The van der Waals surface area contributed by atoms with Crippen LogP contribution >= 0.6 is 11.6 Å². The number of likely N-dealkylation sites (tertiary alicyclic amines) is 1. The summed E-state index contributed by atoms with van der Waals surface area (Å²) in [6.07, 6.45) is 2.36. The van der Waals surface area contributed by atoms with Gasteiger partial charge in [-0.05, 0) is 37.1 Å². The van der Waals surface area contributed by atoms with E-state index in [4.69, 9.17) is 17.3 Å². The molecular weight excluding hydrogens is 293 g/mol. The second-order valence-electron chi connectivity index (χ2n) is 5.42. The first kappa shape index (κ1) is 16.2. The molecular formula is C15H21ClFN3O. The monoisotopic (exact) mass is 313 g/mol. The molecule has 1 aliphatic rings. The Morgan fingerprint density at radius 2 is 2.33 bits per heavy atom. The van der Waals surface area contributed by atoms with E-state index in [1.165, 1.54) is 12.1 Å². The van der Waals surface area contributed by atoms with Crippen LogP contribution in [0.15, 0.2) is 18.2 Å². The zero-order valence-corrected chi connectivity index (χ0v) is 12.7. The normalized spacial score (nSPS) is 19.5. The van der Waals surface area contributed by atoms with Gasteiger partial charge in [0, 0.05) is 37.1 Å². The molecule has 0 saturated carbocycles. The van der Waals surface area contributed by atoms with E-state index in [2.05, 4.69) is 10.2 Å². The van der Waals surface area contributed by atoms with Gasteiger partial charge in [0.25, 0.3) is 0 Å². The molecule has 2 rings (SSSR count). The Hall–Kier alpha value is -1.17. The number of amides is 1. The lowest BCUT2D eigenvalue weighted by Gasteiger charge is -2.33. The van der Waals surface area contributed by atoms with Gasteiger partial charge in [-0.25, -0.2) is 4.39 Å². The highest BCUT2D eigenvalue weighted by Gasteiger charge is 2.21. The number of benzene rings is 1. The quantitative estimate of drug-likeness (QED) is 0.873. The van der Waals surface area contributed by atoms with Gasteiger partial charge in [0.05, 0.1) is 0 Å². The molecule has 116 valence electrons. The van der Waals surface area contributed by atoms with Crippen LogP contribution in [0.4, 0.5) is 4.39 Å². The van der Waals surface area contributed by atoms with Crippen LogP contribution in [0.3, 0.4) is 0 Å².